The summed E-state index contributed by atoms with van der Waals surface area (Å²) in [5.74, 6) is 0. The lowest BCUT2D eigenvalue weighted by Gasteiger charge is -2.42. The molecule has 0 fully saturated rings. The summed E-state index contributed by atoms with van der Waals surface area (Å²) in [6.45, 7) is 17.1. The molecular formula is C19H34N2O. The van der Waals surface area contributed by atoms with E-state index in [1.807, 2.05) is 17.1 Å². The van der Waals surface area contributed by atoms with Crippen molar-refractivity contribution in [2.45, 2.75) is 72.4 Å². The van der Waals surface area contributed by atoms with Gasteiger partial charge < -0.3 is 10.2 Å². The number of carbonyl (C=O) groups is 1. The summed E-state index contributed by atoms with van der Waals surface area (Å²) in [6.07, 6.45) is 10.7. The van der Waals surface area contributed by atoms with Crippen LogP contribution in [0.25, 0.3) is 0 Å². The predicted molar refractivity (Wildman–Crippen MR) is 97.1 cm³/mol. The highest BCUT2D eigenvalue weighted by atomic mass is 16.2. The lowest BCUT2D eigenvalue weighted by molar-refractivity contribution is 0.113. The Bertz CT molecular complexity index is 408. The van der Waals surface area contributed by atoms with Crippen LogP contribution in [0.3, 0.4) is 0 Å². The molecule has 0 aromatic heterocycles. The molecule has 0 saturated heterocycles. The van der Waals surface area contributed by atoms with Gasteiger partial charge in [-0.25, -0.2) is 4.79 Å². The van der Waals surface area contributed by atoms with Crippen molar-refractivity contribution >= 4 is 6.03 Å². The zero-order chi connectivity index (χ0) is 17.2. The zero-order valence-corrected chi connectivity index (χ0v) is 15.3. The van der Waals surface area contributed by atoms with Gasteiger partial charge in [0.25, 0.3) is 0 Å². The molecule has 1 atom stereocenters. The van der Waals surface area contributed by atoms with Crippen molar-refractivity contribution in [3.63, 3.8) is 0 Å². The van der Waals surface area contributed by atoms with Crippen molar-refractivity contribution in [2.75, 3.05) is 6.54 Å². The second-order valence-corrected chi connectivity index (χ2v) is 6.15. The third-order valence-electron chi connectivity index (χ3n) is 4.00. The van der Waals surface area contributed by atoms with Crippen LogP contribution >= 0.6 is 0 Å². The van der Waals surface area contributed by atoms with Crippen molar-refractivity contribution in [1.82, 2.24) is 10.2 Å². The molecule has 0 spiro atoms. The Labute approximate surface area is 137 Å². The van der Waals surface area contributed by atoms with Gasteiger partial charge in [-0.05, 0) is 45.6 Å². The monoisotopic (exact) mass is 306 g/mol. The molecule has 0 radical (unpaired) electrons. The molecule has 0 aliphatic carbocycles. The van der Waals surface area contributed by atoms with Gasteiger partial charge in [-0.3, -0.25) is 0 Å². The number of allylic oxidation sites excluding steroid dienone is 3. The van der Waals surface area contributed by atoms with Crippen LogP contribution in [-0.2, 0) is 0 Å². The second kappa shape index (κ2) is 10.3. The summed E-state index contributed by atoms with van der Waals surface area (Å²) in [4.78, 5) is 14.6. The molecule has 0 aliphatic heterocycles. The maximum Gasteiger partial charge on any atom is 0.318 e. The van der Waals surface area contributed by atoms with Crippen molar-refractivity contribution in [1.29, 1.82) is 0 Å². The highest BCUT2D eigenvalue weighted by Gasteiger charge is 2.34. The Kier molecular flexibility index (Phi) is 9.55. The molecule has 0 bridgehead atoms. The van der Waals surface area contributed by atoms with E-state index in [9.17, 15) is 4.79 Å². The molecule has 0 rings (SSSR count). The number of amides is 2. The van der Waals surface area contributed by atoms with E-state index in [0.29, 0.717) is 6.54 Å². The van der Waals surface area contributed by atoms with Gasteiger partial charge >= 0.3 is 6.03 Å². The summed E-state index contributed by atoms with van der Waals surface area (Å²) in [7, 11) is 0. The van der Waals surface area contributed by atoms with Gasteiger partial charge in [0.15, 0.2) is 0 Å². The third-order valence-corrected chi connectivity index (χ3v) is 4.00. The van der Waals surface area contributed by atoms with Gasteiger partial charge in [-0.15, -0.1) is 0 Å². The molecule has 0 saturated carbocycles. The first kappa shape index (κ1) is 20.5. The van der Waals surface area contributed by atoms with Gasteiger partial charge in [0.2, 0.25) is 0 Å². The van der Waals surface area contributed by atoms with Crippen LogP contribution in [0.15, 0.2) is 36.5 Å². The normalized spacial score (nSPS) is 14.0. The molecule has 126 valence electrons. The minimum atomic E-state index is -0.202. The second-order valence-electron chi connectivity index (χ2n) is 6.15. The molecule has 0 heterocycles. The van der Waals surface area contributed by atoms with Crippen LogP contribution in [0.2, 0.25) is 0 Å². The molecule has 1 unspecified atom stereocenters. The molecule has 2 amide bonds. The molecule has 3 heteroatoms. The standard InChI is InChI=1S/C19H34N2O/c1-8-12-14-17(13-9-2)16(5)21(19(6,7)11-4)18(22)20-15-10-3/h8,12-14,16H,1,9-11,15H2,2-7H3,(H,20,22)/b14-12-,17-13-. The maximum atomic E-state index is 12.7. The van der Waals surface area contributed by atoms with Gasteiger partial charge in [0.05, 0.1) is 6.04 Å². The van der Waals surface area contributed by atoms with Crippen LogP contribution in [-0.4, -0.2) is 29.1 Å². The number of carbonyl (C=O) groups excluding carboxylic acids is 1. The van der Waals surface area contributed by atoms with Crippen molar-refractivity contribution in [3.05, 3.63) is 36.5 Å². The summed E-state index contributed by atoms with van der Waals surface area (Å²) in [5, 5.41) is 3.02. The summed E-state index contributed by atoms with van der Waals surface area (Å²) in [5.41, 5.74) is 0.946. The lowest BCUT2D eigenvalue weighted by Crippen LogP contribution is -2.56. The van der Waals surface area contributed by atoms with Gasteiger partial charge in [-0.2, -0.15) is 0 Å². The molecule has 0 aromatic rings. The third kappa shape index (κ3) is 6.08. The number of nitrogens with zero attached hydrogens (tertiary/aromatic N) is 1. The number of hydrogen-bond donors (Lipinski definition) is 1. The Morgan fingerprint density at radius 3 is 2.41 bits per heavy atom. The Balaban J connectivity index is 5.54. The smallest absolute Gasteiger partial charge is 0.318 e. The average Bonchev–Trinajstić information content (AvgIpc) is 2.49. The highest BCUT2D eigenvalue weighted by Crippen LogP contribution is 2.26. The van der Waals surface area contributed by atoms with Crippen LogP contribution in [0, 0.1) is 0 Å². The average molecular weight is 306 g/mol. The van der Waals surface area contributed by atoms with Crippen LogP contribution in [0.1, 0.15) is 60.8 Å². The largest absolute Gasteiger partial charge is 0.338 e. The van der Waals surface area contributed by atoms with E-state index < -0.39 is 0 Å². The van der Waals surface area contributed by atoms with Gasteiger partial charge in [0, 0.05) is 12.1 Å². The Morgan fingerprint density at radius 2 is 1.95 bits per heavy atom. The first-order valence-electron chi connectivity index (χ1n) is 8.41. The summed E-state index contributed by atoms with van der Waals surface area (Å²) in [6, 6.07) is 0.0261. The number of rotatable bonds is 9. The zero-order valence-electron chi connectivity index (χ0n) is 15.3. The first-order chi connectivity index (χ1) is 10.4. The molecule has 1 N–H and O–H groups in total. The molecule has 22 heavy (non-hydrogen) atoms. The van der Waals surface area contributed by atoms with E-state index >= 15 is 0 Å². The fourth-order valence-corrected chi connectivity index (χ4v) is 2.40. The molecular weight excluding hydrogens is 272 g/mol. The SMILES string of the molecule is C=C/C=C\C(=C\CC)C(C)N(C(=O)NCCC)C(C)(C)CC. The lowest BCUT2D eigenvalue weighted by atomic mass is 9.94. The van der Waals surface area contributed by atoms with Crippen molar-refractivity contribution in [2.24, 2.45) is 0 Å². The van der Waals surface area contributed by atoms with E-state index in [1.165, 1.54) is 0 Å². The number of hydrogen-bond acceptors (Lipinski definition) is 1. The summed E-state index contributed by atoms with van der Waals surface area (Å²) >= 11 is 0. The molecule has 0 aromatic carbocycles. The minimum Gasteiger partial charge on any atom is -0.338 e. The van der Waals surface area contributed by atoms with Crippen molar-refractivity contribution in [3.8, 4) is 0 Å². The fourth-order valence-electron chi connectivity index (χ4n) is 2.40. The maximum absolute atomic E-state index is 12.7. The van der Waals surface area contributed by atoms with Crippen LogP contribution < -0.4 is 5.32 Å². The topological polar surface area (TPSA) is 32.3 Å². The predicted octanol–water partition coefficient (Wildman–Crippen LogP) is 5.06. The Hall–Kier alpha value is -1.51. The number of urea groups is 1. The molecule has 3 nitrogen and oxygen atoms in total. The fraction of sp³-hybridized carbons (Fsp3) is 0.632. The van der Waals surface area contributed by atoms with E-state index in [1.54, 1.807) is 6.08 Å². The highest BCUT2D eigenvalue weighted by molar-refractivity contribution is 5.76. The van der Waals surface area contributed by atoms with Gasteiger partial charge in [-0.1, -0.05) is 51.7 Å². The van der Waals surface area contributed by atoms with E-state index in [2.05, 4.69) is 59.5 Å². The quantitative estimate of drug-likeness (QED) is 0.593. The van der Waals surface area contributed by atoms with E-state index in [-0.39, 0.29) is 17.6 Å². The van der Waals surface area contributed by atoms with Crippen molar-refractivity contribution < 1.29 is 4.79 Å². The van der Waals surface area contributed by atoms with E-state index in [0.717, 1.165) is 24.8 Å². The molecule has 0 aliphatic rings. The summed E-state index contributed by atoms with van der Waals surface area (Å²) < 4.78 is 0. The van der Waals surface area contributed by atoms with Crippen LogP contribution in [0.5, 0.6) is 0 Å². The van der Waals surface area contributed by atoms with Gasteiger partial charge in [0.1, 0.15) is 0 Å². The van der Waals surface area contributed by atoms with E-state index in [4.69, 9.17) is 0 Å². The Morgan fingerprint density at radius 1 is 1.32 bits per heavy atom. The first-order valence-corrected chi connectivity index (χ1v) is 8.41. The van der Waals surface area contributed by atoms with Crippen LogP contribution in [0.4, 0.5) is 4.79 Å². The minimum absolute atomic E-state index is 0.00945. The number of nitrogens with one attached hydrogen (secondary N) is 1.